The highest BCUT2D eigenvalue weighted by Crippen LogP contribution is 2.14. The van der Waals surface area contributed by atoms with Gasteiger partial charge < -0.3 is 15.8 Å². The number of ether oxygens (including phenoxy) is 1. The monoisotopic (exact) mass is 242 g/mol. The molecule has 16 heavy (non-hydrogen) atoms. The number of methoxy groups -OCH3 is 1. The van der Waals surface area contributed by atoms with Gasteiger partial charge in [0.1, 0.15) is 0 Å². The highest BCUT2D eigenvalue weighted by atomic mass is 32.1. The van der Waals surface area contributed by atoms with Crippen molar-refractivity contribution >= 4 is 17.2 Å². The Morgan fingerprint density at radius 1 is 1.62 bits per heavy atom. The second-order valence-electron chi connectivity index (χ2n) is 3.59. The van der Waals surface area contributed by atoms with Gasteiger partial charge in [-0.15, -0.1) is 11.3 Å². The van der Waals surface area contributed by atoms with Gasteiger partial charge >= 0.3 is 0 Å². The standard InChI is InChI=1S/C11H18N2O2S/c1-8-3-4-10(16-8)7-13-11(14)5-9(6-12)15-2/h3-4,9H,5-7,12H2,1-2H3,(H,13,14). The molecule has 0 saturated carbocycles. The predicted molar refractivity (Wildman–Crippen MR) is 65.4 cm³/mol. The zero-order valence-corrected chi connectivity index (χ0v) is 10.5. The molecule has 0 aromatic carbocycles. The van der Waals surface area contributed by atoms with Crippen molar-refractivity contribution in [3.8, 4) is 0 Å². The second-order valence-corrected chi connectivity index (χ2v) is 4.96. The minimum Gasteiger partial charge on any atom is -0.380 e. The van der Waals surface area contributed by atoms with E-state index in [0.717, 1.165) is 4.88 Å². The first-order valence-corrected chi connectivity index (χ1v) is 6.02. The molecule has 0 aliphatic heterocycles. The molecule has 4 nitrogen and oxygen atoms in total. The lowest BCUT2D eigenvalue weighted by Crippen LogP contribution is -2.31. The molecule has 1 unspecified atom stereocenters. The number of hydrogen-bond acceptors (Lipinski definition) is 4. The maximum atomic E-state index is 11.5. The Kier molecular flexibility index (Phi) is 5.45. The van der Waals surface area contributed by atoms with Crippen LogP contribution in [0.3, 0.4) is 0 Å². The largest absolute Gasteiger partial charge is 0.380 e. The SMILES string of the molecule is COC(CN)CC(=O)NCc1ccc(C)s1. The maximum Gasteiger partial charge on any atom is 0.222 e. The summed E-state index contributed by atoms with van der Waals surface area (Å²) in [6, 6.07) is 4.07. The van der Waals surface area contributed by atoms with Crippen LogP contribution in [0, 0.1) is 6.92 Å². The molecular formula is C11H18N2O2S. The maximum absolute atomic E-state index is 11.5. The molecule has 0 aliphatic carbocycles. The van der Waals surface area contributed by atoms with Crippen molar-refractivity contribution in [3.05, 3.63) is 21.9 Å². The summed E-state index contributed by atoms with van der Waals surface area (Å²) in [4.78, 5) is 13.9. The van der Waals surface area contributed by atoms with E-state index in [0.29, 0.717) is 19.5 Å². The van der Waals surface area contributed by atoms with Gasteiger partial charge in [-0.2, -0.15) is 0 Å². The molecule has 0 aliphatic rings. The Hall–Kier alpha value is -0.910. The van der Waals surface area contributed by atoms with Crippen molar-refractivity contribution < 1.29 is 9.53 Å². The van der Waals surface area contributed by atoms with Gasteiger partial charge in [0, 0.05) is 23.4 Å². The Morgan fingerprint density at radius 2 is 2.38 bits per heavy atom. The summed E-state index contributed by atoms with van der Waals surface area (Å²) in [5, 5.41) is 2.85. The van der Waals surface area contributed by atoms with E-state index < -0.39 is 0 Å². The fourth-order valence-corrected chi connectivity index (χ4v) is 2.14. The van der Waals surface area contributed by atoms with E-state index in [1.165, 1.54) is 4.88 Å². The fraction of sp³-hybridized carbons (Fsp3) is 0.545. The number of amides is 1. The van der Waals surface area contributed by atoms with E-state index in [4.69, 9.17) is 10.5 Å². The van der Waals surface area contributed by atoms with Crippen LogP contribution in [0.15, 0.2) is 12.1 Å². The van der Waals surface area contributed by atoms with Crippen molar-refractivity contribution in [1.29, 1.82) is 0 Å². The van der Waals surface area contributed by atoms with Gasteiger partial charge in [-0.25, -0.2) is 0 Å². The van der Waals surface area contributed by atoms with Gasteiger partial charge in [-0.3, -0.25) is 4.79 Å². The third kappa shape index (κ3) is 4.30. The van der Waals surface area contributed by atoms with Crippen molar-refractivity contribution in [3.63, 3.8) is 0 Å². The number of carbonyl (C=O) groups is 1. The summed E-state index contributed by atoms with van der Waals surface area (Å²) < 4.78 is 5.04. The fourth-order valence-electron chi connectivity index (χ4n) is 1.31. The smallest absolute Gasteiger partial charge is 0.222 e. The summed E-state index contributed by atoms with van der Waals surface area (Å²) in [5.41, 5.74) is 5.44. The molecule has 1 amide bonds. The first kappa shape index (κ1) is 13.2. The first-order chi connectivity index (χ1) is 7.65. The van der Waals surface area contributed by atoms with E-state index in [1.54, 1.807) is 18.4 Å². The van der Waals surface area contributed by atoms with Gasteiger partial charge in [0.2, 0.25) is 5.91 Å². The number of rotatable bonds is 6. The normalized spacial score (nSPS) is 12.4. The average molecular weight is 242 g/mol. The molecule has 3 N–H and O–H groups in total. The third-order valence-electron chi connectivity index (χ3n) is 2.27. The molecular weight excluding hydrogens is 224 g/mol. The minimum absolute atomic E-state index is 0.0247. The van der Waals surface area contributed by atoms with Crippen molar-refractivity contribution in [2.75, 3.05) is 13.7 Å². The van der Waals surface area contributed by atoms with Gasteiger partial charge in [0.05, 0.1) is 19.1 Å². The number of aryl methyl sites for hydroxylation is 1. The molecule has 0 fully saturated rings. The van der Waals surface area contributed by atoms with Gasteiger partial charge in [-0.05, 0) is 19.1 Å². The summed E-state index contributed by atoms with van der Waals surface area (Å²) >= 11 is 1.69. The van der Waals surface area contributed by atoms with Crippen molar-refractivity contribution in [2.24, 2.45) is 5.73 Å². The minimum atomic E-state index is -0.190. The lowest BCUT2D eigenvalue weighted by atomic mass is 10.2. The highest BCUT2D eigenvalue weighted by Gasteiger charge is 2.11. The number of carbonyl (C=O) groups excluding carboxylic acids is 1. The van der Waals surface area contributed by atoms with Crippen LogP contribution in [0.1, 0.15) is 16.2 Å². The van der Waals surface area contributed by atoms with Crippen LogP contribution in [0.5, 0.6) is 0 Å². The Labute approximate surface area is 99.8 Å². The van der Waals surface area contributed by atoms with Crippen molar-refractivity contribution in [2.45, 2.75) is 26.0 Å². The molecule has 1 aromatic heterocycles. The molecule has 90 valence electrons. The first-order valence-electron chi connectivity index (χ1n) is 5.20. The van der Waals surface area contributed by atoms with E-state index in [9.17, 15) is 4.79 Å². The van der Waals surface area contributed by atoms with Crippen LogP contribution in [0.4, 0.5) is 0 Å². The van der Waals surface area contributed by atoms with Crippen LogP contribution in [0.2, 0.25) is 0 Å². The lowest BCUT2D eigenvalue weighted by Gasteiger charge is -2.12. The predicted octanol–water partition coefficient (Wildman–Crippen LogP) is 1.04. The molecule has 1 atom stereocenters. The topological polar surface area (TPSA) is 64.3 Å². The Morgan fingerprint density at radius 3 is 2.88 bits per heavy atom. The Balaban J connectivity index is 2.30. The van der Waals surface area contributed by atoms with Crippen LogP contribution < -0.4 is 11.1 Å². The molecule has 0 saturated heterocycles. The quantitative estimate of drug-likeness (QED) is 0.783. The van der Waals surface area contributed by atoms with Gasteiger partial charge in [-0.1, -0.05) is 0 Å². The second kappa shape index (κ2) is 6.62. The molecule has 0 spiro atoms. The Bertz CT molecular complexity index is 334. The third-order valence-corrected chi connectivity index (χ3v) is 3.27. The average Bonchev–Trinajstić information content (AvgIpc) is 2.69. The molecule has 1 heterocycles. The van der Waals surface area contributed by atoms with E-state index in [2.05, 4.69) is 5.32 Å². The van der Waals surface area contributed by atoms with Crippen LogP contribution >= 0.6 is 11.3 Å². The summed E-state index contributed by atoms with van der Waals surface area (Å²) in [6.07, 6.45) is 0.127. The zero-order valence-electron chi connectivity index (χ0n) is 9.66. The molecule has 0 bridgehead atoms. The summed E-state index contributed by atoms with van der Waals surface area (Å²) in [6.45, 7) is 2.99. The molecule has 1 rings (SSSR count). The number of hydrogen-bond donors (Lipinski definition) is 2. The lowest BCUT2D eigenvalue weighted by molar-refractivity contribution is -0.123. The van der Waals surface area contributed by atoms with E-state index >= 15 is 0 Å². The van der Waals surface area contributed by atoms with E-state index in [1.807, 2.05) is 19.1 Å². The number of thiophene rings is 1. The number of nitrogens with one attached hydrogen (secondary N) is 1. The van der Waals surface area contributed by atoms with Crippen LogP contribution in [0.25, 0.3) is 0 Å². The summed E-state index contributed by atoms with van der Waals surface area (Å²) in [5.74, 6) is -0.0247. The van der Waals surface area contributed by atoms with E-state index in [-0.39, 0.29) is 12.0 Å². The van der Waals surface area contributed by atoms with Crippen LogP contribution in [-0.4, -0.2) is 25.7 Å². The highest BCUT2D eigenvalue weighted by molar-refractivity contribution is 7.11. The zero-order chi connectivity index (χ0) is 12.0. The van der Waals surface area contributed by atoms with Crippen LogP contribution in [-0.2, 0) is 16.1 Å². The summed E-state index contributed by atoms with van der Waals surface area (Å²) in [7, 11) is 1.56. The molecule has 1 aromatic rings. The van der Waals surface area contributed by atoms with Gasteiger partial charge in [0.25, 0.3) is 0 Å². The van der Waals surface area contributed by atoms with Gasteiger partial charge in [0.15, 0.2) is 0 Å². The molecule has 5 heteroatoms. The van der Waals surface area contributed by atoms with Crippen molar-refractivity contribution in [1.82, 2.24) is 5.32 Å². The number of nitrogens with two attached hydrogens (primary N) is 1. The molecule has 0 radical (unpaired) electrons.